The van der Waals surface area contributed by atoms with Crippen LogP contribution in [0.3, 0.4) is 0 Å². The summed E-state index contributed by atoms with van der Waals surface area (Å²) in [5.74, 6) is -0.294. The first-order valence-electron chi connectivity index (χ1n) is 13.6. The van der Waals surface area contributed by atoms with E-state index in [1.807, 2.05) is 44.2 Å². The maximum Gasteiger partial charge on any atom is 0.244 e. The zero-order valence-corrected chi connectivity index (χ0v) is 27.2. The molecule has 0 aromatic heterocycles. The average Bonchev–Trinajstić information content (AvgIpc) is 2.97. The largest absolute Gasteiger partial charge is 0.497 e. The smallest absolute Gasteiger partial charge is 0.244 e. The molecule has 0 bridgehead atoms. The Morgan fingerprint density at radius 1 is 0.930 bits per heavy atom. The minimum absolute atomic E-state index is 0.109. The lowest BCUT2D eigenvalue weighted by Gasteiger charge is -2.34. The van der Waals surface area contributed by atoms with Crippen LogP contribution in [0.15, 0.2) is 66.7 Å². The van der Waals surface area contributed by atoms with Crippen LogP contribution in [-0.4, -0.2) is 64.7 Å². The average molecular weight is 651 g/mol. The van der Waals surface area contributed by atoms with Gasteiger partial charge in [-0.15, -0.1) is 0 Å². The van der Waals surface area contributed by atoms with Gasteiger partial charge in [0.2, 0.25) is 21.8 Å². The number of benzene rings is 3. The molecule has 1 unspecified atom stereocenters. The minimum Gasteiger partial charge on any atom is -0.497 e. The molecule has 0 radical (unpaired) electrons. The maximum absolute atomic E-state index is 14.3. The zero-order valence-electron chi connectivity index (χ0n) is 24.8. The molecule has 1 N–H and O–H groups in total. The Kier molecular flexibility index (Phi) is 12.1. The molecule has 43 heavy (non-hydrogen) atoms. The third-order valence-electron chi connectivity index (χ3n) is 6.68. The van der Waals surface area contributed by atoms with E-state index in [9.17, 15) is 18.0 Å². The topological polar surface area (TPSA) is 105 Å². The molecule has 0 aliphatic rings. The Morgan fingerprint density at radius 2 is 1.58 bits per heavy atom. The van der Waals surface area contributed by atoms with Crippen molar-refractivity contribution in [1.29, 1.82) is 0 Å². The van der Waals surface area contributed by atoms with Crippen molar-refractivity contribution in [3.05, 3.63) is 87.9 Å². The van der Waals surface area contributed by atoms with E-state index < -0.39 is 28.5 Å². The SMILES string of the molecule is COc1ccc(OC)c(N(CC(=O)N(Cc2c(Cl)cccc2Cl)C(Cc2ccccc2)C(=O)NCC(C)C)S(C)(=O)=O)c1. The molecule has 9 nitrogen and oxygen atoms in total. The molecule has 3 aromatic rings. The van der Waals surface area contributed by atoms with Gasteiger partial charge in [-0.3, -0.25) is 13.9 Å². The first-order valence-corrected chi connectivity index (χ1v) is 16.2. The number of anilines is 1. The molecular formula is C31H37Cl2N3O6S. The number of ether oxygens (including phenoxy) is 2. The molecule has 0 spiro atoms. The monoisotopic (exact) mass is 649 g/mol. The van der Waals surface area contributed by atoms with Gasteiger partial charge < -0.3 is 19.7 Å². The summed E-state index contributed by atoms with van der Waals surface area (Å²) in [6.45, 7) is 3.54. The van der Waals surface area contributed by atoms with E-state index in [2.05, 4.69) is 5.32 Å². The molecule has 0 aliphatic carbocycles. The van der Waals surface area contributed by atoms with E-state index in [0.29, 0.717) is 27.9 Å². The van der Waals surface area contributed by atoms with Crippen molar-refractivity contribution >= 4 is 50.7 Å². The molecule has 2 amide bonds. The second-order valence-electron chi connectivity index (χ2n) is 10.4. The molecule has 0 saturated heterocycles. The van der Waals surface area contributed by atoms with Gasteiger partial charge in [-0.2, -0.15) is 0 Å². The van der Waals surface area contributed by atoms with Crippen LogP contribution in [0.1, 0.15) is 25.0 Å². The Hall–Kier alpha value is -3.47. The van der Waals surface area contributed by atoms with Crippen molar-refractivity contribution in [1.82, 2.24) is 10.2 Å². The van der Waals surface area contributed by atoms with Gasteiger partial charge >= 0.3 is 0 Å². The van der Waals surface area contributed by atoms with Crippen molar-refractivity contribution in [2.75, 3.05) is 37.9 Å². The van der Waals surface area contributed by atoms with Gasteiger partial charge in [-0.05, 0) is 35.7 Å². The third kappa shape index (κ3) is 9.26. The molecule has 0 aliphatic heterocycles. The maximum atomic E-state index is 14.3. The van der Waals surface area contributed by atoms with Gasteiger partial charge in [0.05, 0.1) is 26.2 Å². The number of carbonyl (C=O) groups is 2. The molecule has 1 atom stereocenters. The van der Waals surface area contributed by atoms with E-state index in [0.717, 1.165) is 16.1 Å². The summed E-state index contributed by atoms with van der Waals surface area (Å²) in [6, 6.07) is 17.8. The van der Waals surface area contributed by atoms with Gasteiger partial charge in [-0.1, -0.05) is 73.4 Å². The summed E-state index contributed by atoms with van der Waals surface area (Å²) in [6.07, 6.45) is 1.16. The molecular weight excluding hydrogens is 613 g/mol. The lowest BCUT2D eigenvalue weighted by Crippen LogP contribution is -2.53. The second-order valence-corrected chi connectivity index (χ2v) is 13.1. The van der Waals surface area contributed by atoms with E-state index in [1.54, 1.807) is 30.3 Å². The summed E-state index contributed by atoms with van der Waals surface area (Å²) in [7, 11) is -1.18. The van der Waals surface area contributed by atoms with Crippen molar-refractivity contribution in [2.24, 2.45) is 5.92 Å². The quantitative estimate of drug-likeness (QED) is 0.258. The lowest BCUT2D eigenvalue weighted by atomic mass is 10.0. The van der Waals surface area contributed by atoms with Gasteiger partial charge in [0, 0.05) is 41.2 Å². The Morgan fingerprint density at radius 3 is 2.14 bits per heavy atom. The lowest BCUT2D eigenvalue weighted by molar-refractivity contribution is -0.140. The fourth-order valence-corrected chi connectivity index (χ4v) is 5.78. The Balaban J connectivity index is 2.15. The van der Waals surface area contributed by atoms with Crippen LogP contribution in [-0.2, 0) is 32.6 Å². The minimum atomic E-state index is -4.02. The van der Waals surface area contributed by atoms with Crippen LogP contribution >= 0.6 is 23.2 Å². The highest BCUT2D eigenvalue weighted by molar-refractivity contribution is 7.92. The van der Waals surface area contributed by atoms with Gasteiger partial charge in [0.15, 0.2) is 0 Å². The van der Waals surface area contributed by atoms with E-state index in [-0.39, 0.29) is 36.2 Å². The first kappa shape index (κ1) is 34.0. The van der Waals surface area contributed by atoms with Crippen LogP contribution in [0.2, 0.25) is 10.0 Å². The highest BCUT2D eigenvalue weighted by Crippen LogP contribution is 2.34. The van der Waals surface area contributed by atoms with E-state index >= 15 is 0 Å². The third-order valence-corrected chi connectivity index (χ3v) is 8.51. The van der Waals surface area contributed by atoms with Crippen molar-refractivity contribution < 1.29 is 27.5 Å². The predicted molar refractivity (Wildman–Crippen MR) is 171 cm³/mol. The zero-order chi connectivity index (χ0) is 31.7. The van der Waals surface area contributed by atoms with Gasteiger partial charge in [0.25, 0.3) is 0 Å². The van der Waals surface area contributed by atoms with Gasteiger partial charge in [-0.25, -0.2) is 8.42 Å². The summed E-state index contributed by atoms with van der Waals surface area (Å²) in [5, 5.41) is 3.55. The fourth-order valence-electron chi connectivity index (χ4n) is 4.42. The Bertz CT molecular complexity index is 1500. The van der Waals surface area contributed by atoms with Crippen molar-refractivity contribution in [3.63, 3.8) is 0 Å². The number of carbonyl (C=O) groups excluding carboxylic acids is 2. The van der Waals surface area contributed by atoms with E-state index in [4.69, 9.17) is 32.7 Å². The second kappa shape index (κ2) is 15.3. The molecule has 3 aromatic carbocycles. The van der Waals surface area contributed by atoms with Crippen LogP contribution in [0.25, 0.3) is 0 Å². The summed E-state index contributed by atoms with van der Waals surface area (Å²) in [5.41, 5.74) is 1.35. The van der Waals surface area contributed by atoms with Crippen LogP contribution in [0, 0.1) is 5.92 Å². The highest BCUT2D eigenvalue weighted by Gasteiger charge is 2.34. The van der Waals surface area contributed by atoms with Crippen LogP contribution < -0.4 is 19.1 Å². The summed E-state index contributed by atoms with van der Waals surface area (Å²) >= 11 is 13.0. The number of nitrogens with zero attached hydrogens (tertiary/aromatic N) is 2. The Labute approximate surface area is 263 Å². The van der Waals surface area contributed by atoms with Crippen molar-refractivity contribution in [3.8, 4) is 11.5 Å². The first-order chi connectivity index (χ1) is 20.3. The summed E-state index contributed by atoms with van der Waals surface area (Å²) in [4.78, 5) is 29.4. The molecule has 0 heterocycles. The van der Waals surface area contributed by atoms with Crippen LogP contribution in [0.5, 0.6) is 11.5 Å². The molecule has 0 fully saturated rings. The van der Waals surface area contributed by atoms with Gasteiger partial charge in [0.1, 0.15) is 24.1 Å². The molecule has 3 rings (SSSR count). The number of methoxy groups -OCH3 is 2. The number of sulfonamides is 1. The molecule has 232 valence electrons. The normalized spacial score (nSPS) is 12.0. The van der Waals surface area contributed by atoms with E-state index in [1.165, 1.54) is 25.2 Å². The molecule has 12 heteroatoms. The standard InChI is InChI=1S/C31H37Cl2N3O6S/c1-21(2)18-34-31(38)28(16-22-10-7-6-8-11-22)35(19-24-25(32)12-9-13-26(24)33)30(37)20-36(43(5,39)40)27-17-23(41-3)14-15-29(27)42-4/h6-15,17,21,28H,16,18-20H2,1-5H3,(H,34,38). The number of rotatable bonds is 14. The number of halogens is 2. The van der Waals surface area contributed by atoms with Crippen LogP contribution in [0.4, 0.5) is 5.69 Å². The predicted octanol–water partition coefficient (Wildman–Crippen LogP) is 5.19. The number of nitrogens with one attached hydrogen (secondary N) is 1. The number of hydrogen-bond acceptors (Lipinski definition) is 6. The fraction of sp³-hybridized carbons (Fsp3) is 0.355. The van der Waals surface area contributed by atoms with Crippen molar-refractivity contribution in [2.45, 2.75) is 32.9 Å². The summed E-state index contributed by atoms with van der Waals surface area (Å²) < 4.78 is 37.9. The number of amides is 2. The highest BCUT2D eigenvalue weighted by atomic mass is 35.5. The number of hydrogen-bond donors (Lipinski definition) is 1. The molecule has 0 saturated carbocycles.